The van der Waals surface area contributed by atoms with Crippen LogP contribution in [0.5, 0.6) is 5.75 Å². The lowest BCUT2D eigenvalue weighted by molar-refractivity contribution is 0.0953. The van der Waals surface area contributed by atoms with Gasteiger partial charge in [0.2, 0.25) is 0 Å². The predicted molar refractivity (Wildman–Crippen MR) is 84.5 cm³/mol. The van der Waals surface area contributed by atoms with Gasteiger partial charge in [-0.2, -0.15) is 0 Å². The first kappa shape index (κ1) is 14.9. The van der Waals surface area contributed by atoms with Crippen LogP contribution in [0.25, 0.3) is 0 Å². The second-order valence-corrected chi connectivity index (χ2v) is 5.20. The van der Waals surface area contributed by atoms with Gasteiger partial charge in [0, 0.05) is 17.8 Å². The molecule has 0 radical (unpaired) electrons. The van der Waals surface area contributed by atoms with Gasteiger partial charge in [0.05, 0.1) is 0 Å². The fourth-order valence-corrected chi connectivity index (χ4v) is 2.19. The zero-order chi connectivity index (χ0) is 15.4. The van der Waals surface area contributed by atoms with Crippen molar-refractivity contribution in [1.29, 1.82) is 0 Å². The van der Waals surface area contributed by atoms with Crippen LogP contribution in [-0.4, -0.2) is 17.6 Å². The highest BCUT2D eigenvalue weighted by Crippen LogP contribution is 2.17. The Hall–Kier alpha value is -2.49. The fourth-order valence-electron chi connectivity index (χ4n) is 2.19. The van der Waals surface area contributed by atoms with Crippen molar-refractivity contribution in [3.05, 3.63) is 58.7 Å². The summed E-state index contributed by atoms with van der Waals surface area (Å²) in [4.78, 5) is 12.2. The minimum atomic E-state index is -0.113. The van der Waals surface area contributed by atoms with Gasteiger partial charge in [-0.3, -0.25) is 4.79 Å². The van der Waals surface area contributed by atoms with Gasteiger partial charge in [-0.1, -0.05) is 18.2 Å². The molecule has 2 rings (SSSR count). The first-order valence-electron chi connectivity index (χ1n) is 6.90. The van der Waals surface area contributed by atoms with E-state index in [9.17, 15) is 9.90 Å². The van der Waals surface area contributed by atoms with Crippen molar-refractivity contribution < 1.29 is 9.90 Å². The topological polar surface area (TPSA) is 75.3 Å². The number of carbonyl (C=O) groups is 1. The van der Waals surface area contributed by atoms with Gasteiger partial charge in [-0.15, -0.1) is 0 Å². The highest BCUT2D eigenvalue weighted by Gasteiger charge is 2.10. The van der Waals surface area contributed by atoms with Crippen molar-refractivity contribution in [2.45, 2.75) is 20.3 Å². The van der Waals surface area contributed by atoms with Gasteiger partial charge in [0.15, 0.2) is 0 Å². The number of aryl methyl sites for hydroxylation is 2. The third-order valence-electron chi connectivity index (χ3n) is 3.49. The third-order valence-corrected chi connectivity index (χ3v) is 3.49. The maximum absolute atomic E-state index is 12.2. The third kappa shape index (κ3) is 3.75. The van der Waals surface area contributed by atoms with Crippen molar-refractivity contribution in [2.75, 3.05) is 12.3 Å². The van der Waals surface area contributed by atoms with Crippen LogP contribution >= 0.6 is 0 Å². The molecule has 0 heterocycles. The average Bonchev–Trinajstić information content (AvgIpc) is 2.45. The molecular formula is C17H20N2O2. The summed E-state index contributed by atoms with van der Waals surface area (Å²) in [6.07, 6.45) is 0.715. The molecule has 110 valence electrons. The second-order valence-electron chi connectivity index (χ2n) is 5.20. The number of nitrogens with two attached hydrogens (primary N) is 1. The zero-order valence-electron chi connectivity index (χ0n) is 12.3. The Bertz CT molecular complexity index is 649. The number of phenols is 1. The lowest BCUT2D eigenvalue weighted by Gasteiger charge is -2.10. The standard InChI is InChI=1S/C17H20N2O2/c1-11-9-12(2)16(18)10-15(11)17(21)19-8-7-13-3-5-14(20)6-4-13/h3-6,9-10,20H,7-8,18H2,1-2H3,(H,19,21). The number of nitrogen functional groups attached to an aromatic ring is 1. The average molecular weight is 284 g/mol. The summed E-state index contributed by atoms with van der Waals surface area (Å²) in [6.45, 7) is 4.37. The lowest BCUT2D eigenvalue weighted by atomic mass is 10.0. The summed E-state index contributed by atoms with van der Waals surface area (Å²) < 4.78 is 0. The van der Waals surface area contributed by atoms with Gasteiger partial charge < -0.3 is 16.2 Å². The molecule has 2 aromatic carbocycles. The molecular weight excluding hydrogens is 264 g/mol. The van der Waals surface area contributed by atoms with E-state index in [1.54, 1.807) is 18.2 Å². The van der Waals surface area contributed by atoms with Gasteiger partial charge in [-0.05, 0) is 55.2 Å². The van der Waals surface area contributed by atoms with Crippen LogP contribution in [0.1, 0.15) is 27.0 Å². The Morgan fingerprint density at radius 2 is 1.81 bits per heavy atom. The van der Waals surface area contributed by atoms with E-state index in [2.05, 4.69) is 5.32 Å². The molecule has 0 atom stereocenters. The van der Waals surface area contributed by atoms with Crippen molar-refractivity contribution in [3.63, 3.8) is 0 Å². The van der Waals surface area contributed by atoms with E-state index in [1.807, 2.05) is 32.0 Å². The molecule has 1 amide bonds. The molecule has 0 saturated heterocycles. The number of anilines is 1. The normalized spacial score (nSPS) is 10.4. The van der Waals surface area contributed by atoms with E-state index in [4.69, 9.17) is 5.73 Å². The first-order chi connectivity index (χ1) is 9.97. The number of benzene rings is 2. The molecule has 0 aromatic heterocycles. The maximum Gasteiger partial charge on any atom is 0.251 e. The summed E-state index contributed by atoms with van der Waals surface area (Å²) in [5, 5.41) is 12.1. The Kier molecular flexibility index (Phi) is 4.48. The van der Waals surface area contributed by atoms with Crippen LogP contribution in [0.2, 0.25) is 0 Å². The largest absolute Gasteiger partial charge is 0.508 e. The molecule has 0 aliphatic rings. The smallest absolute Gasteiger partial charge is 0.251 e. The molecule has 0 unspecified atom stereocenters. The summed E-state index contributed by atoms with van der Waals surface area (Å²) in [6, 6.07) is 10.6. The van der Waals surface area contributed by atoms with Crippen LogP contribution in [0.15, 0.2) is 36.4 Å². The molecule has 2 aromatic rings. The number of carbonyl (C=O) groups excluding carboxylic acids is 1. The molecule has 0 aliphatic heterocycles. The second kappa shape index (κ2) is 6.31. The fraction of sp³-hybridized carbons (Fsp3) is 0.235. The highest BCUT2D eigenvalue weighted by molar-refractivity contribution is 5.96. The number of amides is 1. The summed E-state index contributed by atoms with van der Waals surface area (Å²) in [5.74, 6) is 0.131. The molecule has 0 saturated carbocycles. The SMILES string of the molecule is Cc1cc(C)c(C(=O)NCCc2ccc(O)cc2)cc1N. The van der Waals surface area contributed by atoms with Crippen LogP contribution in [-0.2, 0) is 6.42 Å². The van der Waals surface area contributed by atoms with Crippen molar-refractivity contribution in [1.82, 2.24) is 5.32 Å². The number of hydrogen-bond acceptors (Lipinski definition) is 3. The van der Waals surface area contributed by atoms with Crippen LogP contribution in [0.4, 0.5) is 5.69 Å². The molecule has 0 spiro atoms. The van der Waals surface area contributed by atoms with Crippen molar-refractivity contribution in [2.24, 2.45) is 0 Å². The molecule has 4 heteroatoms. The summed E-state index contributed by atoms with van der Waals surface area (Å²) in [5.41, 5.74) is 10.1. The highest BCUT2D eigenvalue weighted by atomic mass is 16.3. The van der Waals surface area contributed by atoms with E-state index in [1.165, 1.54) is 0 Å². The zero-order valence-corrected chi connectivity index (χ0v) is 12.3. The Morgan fingerprint density at radius 1 is 1.14 bits per heavy atom. The molecule has 0 bridgehead atoms. The molecule has 21 heavy (non-hydrogen) atoms. The number of phenolic OH excluding ortho intramolecular Hbond substituents is 1. The summed E-state index contributed by atoms with van der Waals surface area (Å²) in [7, 11) is 0. The first-order valence-corrected chi connectivity index (χ1v) is 6.90. The Labute approximate surface area is 124 Å². The summed E-state index contributed by atoms with van der Waals surface area (Å²) >= 11 is 0. The van der Waals surface area contributed by atoms with E-state index < -0.39 is 0 Å². The molecule has 0 aliphatic carbocycles. The minimum Gasteiger partial charge on any atom is -0.508 e. The van der Waals surface area contributed by atoms with Crippen molar-refractivity contribution >= 4 is 11.6 Å². The number of aromatic hydroxyl groups is 1. The van der Waals surface area contributed by atoms with Gasteiger partial charge in [-0.25, -0.2) is 0 Å². The molecule has 4 nitrogen and oxygen atoms in total. The monoisotopic (exact) mass is 284 g/mol. The molecule has 4 N–H and O–H groups in total. The number of hydrogen-bond donors (Lipinski definition) is 3. The Balaban J connectivity index is 1.96. The van der Waals surface area contributed by atoms with Crippen LogP contribution in [0.3, 0.4) is 0 Å². The van der Waals surface area contributed by atoms with Gasteiger partial charge >= 0.3 is 0 Å². The van der Waals surface area contributed by atoms with E-state index in [-0.39, 0.29) is 11.7 Å². The Morgan fingerprint density at radius 3 is 2.48 bits per heavy atom. The predicted octanol–water partition coefficient (Wildman–Crippen LogP) is 2.56. The van der Waals surface area contributed by atoms with Gasteiger partial charge in [0.25, 0.3) is 5.91 Å². The van der Waals surface area contributed by atoms with Crippen molar-refractivity contribution in [3.8, 4) is 5.75 Å². The van der Waals surface area contributed by atoms with Crippen LogP contribution < -0.4 is 11.1 Å². The maximum atomic E-state index is 12.2. The van der Waals surface area contributed by atoms with E-state index in [0.717, 1.165) is 16.7 Å². The minimum absolute atomic E-state index is 0.113. The lowest BCUT2D eigenvalue weighted by Crippen LogP contribution is -2.26. The molecule has 0 fully saturated rings. The van der Waals surface area contributed by atoms with E-state index >= 15 is 0 Å². The quantitative estimate of drug-likeness (QED) is 0.755. The number of rotatable bonds is 4. The van der Waals surface area contributed by atoms with Gasteiger partial charge in [0.1, 0.15) is 5.75 Å². The van der Waals surface area contributed by atoms with Crippen LogP contribution in [0, 0.1) is 13.8 Å². The van der Waals surface area contributed by atoms with E-state index in [0.29, 0.717) is 24.2 Å². The number of nitrogens with one attached hydrogen (secondary N) is 1.